The largest absolute Gasteiger partial charge is 0.388 e. The number of nitrogens with two attached hydrogens (primary N) is 1. The van der Waals surface area contributed by atoms with Gasteiger partial charge in [0, 0.05) is 5.39 Å². The number of nitrogens with one attached hydrogen (secondary N) is 1. The molecule has 0 aliphatic heterocycles. The Morgan fingerprint density at radius 1 is 1.10 bits per heavy atom. The van der Waals surface area contributed by atoms with Gasteiger partial charge >= 0.3 is 0 Å². The van der Waals surface area contributed by atoms with Crippen LogP contribution in [0.5, 0.6) is 0 Å². The van der Waals surface area contributed by atoms with Crippen molar-refractivity contribution in [3.05, 3.63) is 60.4 Å². The average Bonchev–Trinajstić information content (AvgIpc) is 2.47. The molecule has 0 saturated carbocycles. The summed E-state index contributed by atoms with van der Waals surface area (Å²) in [6.45, 7) is 0. The number of benzene rings is 1. The first-order valence-electron chi connectivity index (χ1n) is 6.11. The molecule has 0 bridgehead atoms. The van der Waals surface area contributed by atoms with Crippen LogP contribution in [-0.4, -0.2) is 15.0 Å². The van der Waals surface area contributed by atoms with Gasteiger partial charge in [-0.25, -0.2) is 4.98 Å². The molecule has 0 unspecified atom stereocenters. The number of fused-ring (bicyclic) bond motifs is 1. The first-order chi connectivity index (χ1) is 9.72. The zero-order chi connectivity index (χ0) is 13.9. The highest BCUT2D eigenvalue weighted by Crippen LogP contribution is 2.19. The summed E-state index contributed by atoms with van der Waals surface area (Å²) < 4.78 is 0. The first-order valence-corrected chi connectivity index (χ1v) is 6.52. The van der Waals surface area contributed by atoms with E-state index in [-0.39, 0.29) is 4.99 Å². The van der Waals surface area contributed by atoms with Crippen LogP contribution in [0.1, 0.15) is 5.69 Å². The second-order valence-corrected chi connectivity index (χ2v) is 4.75. The van der Waals surface area contributed by atoms with Crippen molar-refractivity contribution in [3.8, 4) is 0 Å². The molecule has 2 aromatic heterocycles. The summed E-state index contributed by atoms with van der Waals surface area (Å²) >= 11 is 4.92. The fraction of sp³-hybridized carbons (Fsp3) is 0. The van der Waals surface area contributed by atoms with Crippen molar-refractivity contribution < 1.29 is 0 Å². The van der Waals surface area contributed by atoms with Crippen molar-refractivity contribution in [2.24, 2.45) is 5.73 Å². The maximum atomic E-state index is 5.58. The van der Waals surface area contributed by atoms with Gasteiger partial charge in [-0.05, 0) is 24.3 Å². The Labute approximate surface area is 121 Å². The van der Waals surface area contributed by atoms with Gasteiger partial charge in [-0.2, -0.15) is 0 Å². The molecule has 0 radical (unpaired) electrons. The van der Waals surface area contributed by atoms with Crippen molar-refractivity contribution in [3.63, 3.8) is 0 Å². The zero-order valence-electron chi connectivity index (χ0n) is 10.6. The smallest absolute Gasteiger partial charge is 0.131 e. The Hall–Kier alpha value is -2.53. The summed E-state index contributed by atoms with van der Waals surface area (Å²) in [6, 6.07) is 15.5. The van der Waals surface area contributed by atoms with Crippen molar-refractivity contribution in [1.29, 1.82) is 0 Å². The van der Waals surface area contributed by atoms with Crippen LogP contribution < -0.4 is 11.1 Å². The molecular weight excluding hydrogens is 268 g/mol. The lowest BCUT2D eigenvalue weighted by Crippen LogP contribution is -2.12. The minimum absolute atomic E-state index is 0.283. The molecule has 0 aliphatic rings. The van der Waals surface area contributed by atoms with E-state index in [2.05, 4.69) is 15.3 Å². The van der Waals surface area contributed by atoms with Crippen molar-refractivity contribution in [2.75, 3.05) is 5.32 Å². The highest BCUT2D eigenvalue weighted by molar-refractivity contribution is 7.80. The summed E-state index contributed by atoms with van der Waals surface area (Å²) in [5, 5.41) is 4.27. The van der Waals surface area contributed by atoms with E-state index < -0.39 is 0 Å². The Bertz CT molecular complexity index is 785. The molecule has 0 amide bonds. The second-order valence-electron chi connectivity index (χ2n) is 4.31. The number of hydrogen-bond donors (Lipinski definition) is 2. The molecule has 3 aromatic rings. The molecule has 0 atom stereocenters. The van der Waals surface area contributed by atoms with Crippen LogP contribution in [0.25, 0.3) is 10.9 Å². The number of hydrogen-bond acceptors (Lipinski definition) is 4. The number of anilines is 2. The van der Waals surface area contributed by atoms with Gasteiger partial charge in [-0.15, -0.1) is 0 Å². The third-order valence-electron chi connectivity index (χ3n) is 2.86. The van der Waals surface area contributed by atoms with Gasteiger partial charge in [0.15, 0.2) is 0 Å². The monoisotopic (exact) mass is 280 g/mol. The summed E-state index contributed by atoms with van der Waals surface area (Å²) in [4.78, 5) is 9.02. The van der Waals surface area contributed by atoms with E-state index in [0.717, 1.165) is 16.6 Å². The van der Waals surface area contributed by atoms with Gasteiger partial charge < -0.3 is 11.1 Å². The van der Waals surface area contributed by atoms with Gasteiger partial charge in [0.25, 0.3) is 0 Å². The SMILES string of the molecule is NC(=S)c1cccc(Nc2cnc3ccccc3c2)n1. The third-order valence-corrected chi connectivity index (χ3v) is 3.07. The lowest BCUT2D eigenvalue weighted by molar-refractivity contribution is 1.27. The second kappa shape index (κ2) is 5.22. The summed E-state index contributed by atoms with van der Waals surface area (Å²) in [6.07, 6.45) is 1.78. The molecule has 1 aromatic carbocycles. The average molecular weight is 280 g/mol. The van der Waals surface area contributed by atoms with Crippen LogP contribution in [-0.2, 0) is 0 Å². The highest BCUT2D eigenvalue weighted by atomic mass is 32.1. The zero-order valence-corrected chi connectivity index (χ0v) is 11.4. The van der Waals surface area contributed by atoms with Gasteiger partial charge in [-0.3, -0.25) is 4.98 Å². The van der Waals surface area contributed by atoms with E-state index in [9.17, 15) is 0 Å². The Balaban J connectivity index is 1.92. The quantitative estimate of drug-likeness (QED) is 0.722. The fourth-order valence-electron chi connectivity index (χ4n) is 1.93. The Kier molecular flexibility index (Phi) is 3.26. The molecule has 0 aliphatic carbocycles. The minimum Gasteiger partial charge on any atom is -0.388 e. The normalized spacial score (nSPS) is 10.4. The number of para-hydroxylation sites is 1. The highest BCUT2D eigenvalue weighted by Gasteiger charge is 2.02. The maximum Gasteiger partial charge on any atom is 0.131 e. The molecule has 0 spiro atoms. The van der Waals surface area contributed by atoms with Gasteiger partial charge in [-0.1, -0.05) is 36.5 Å². The minimum atomic E-state index is 0.283. The molecule has 0 fully saturated rings. The van der Waals surface area contributed by atoms with Gasteiger partial charge in [0.1, 0.15) is 10.8 Å². The first kappa shape index (κ1) is 12.5. The van der Waals surface area contributed by atoms with Crippen LogP contribution >= 0.6 is 12.2 Å². The number of thiocarbonyl (C=S) groups is 1. The van der Waals surface area contributed by atoms with Crippen LogP contribution in [0, 0.1) is 0 Å². The molecule has 3 N–H and O–H groups in total. The molecule has 0 saturated heterocycles. The molecule has 5 heteroatoms. The molecule has 4 nitrogen and oxygen atoms in total. The topological polar surface area (TPSA) is 63.8 Å². The molecule has 3 rings (SSSR count). The van der Waals surface area contributed by atoms with E-state index in [4.69, 9.17) is 18.0 Å². The lowest BCUT2D eigenvalue weighted by Gasteiger charge is -2.07. The standard InChI is InChI=1S/C15H12N4S/c16-15(20)13-6-3-7-14(19-13)18-11-8-10-4-1-2-5-12(10)17-9-11/h1-9H,(H2,16,20)(H,18,19). The summed E-state index contributed by atoms with van der Waals surface area (Å²) in [5.41, 5.74) is 8.01. The van der Waals surface area contributed by atoms with Gasteiger partial charge in [0.2, 0.25) is 0 Å². The van der Waals surface area contributed by atoms with Crippen molar-refractivity contribution >= 4 is 39.6 Å². The summed E-state index contributed by atoms with van der Waals surface area (Å²) in [5.74, 6) is 0.687. The van der Waals surface area contributed by atoms with E-state index in [1.165, 1.54) is 0 Å². The molecule has 20 heavy (non-hydrogen) atoms. The number of rotatable bonds is 3. The predicted octanol–water partition coefficient (Wildman–Crippen LogP) is 3.01. The Morgan fingerprint density at radius 3 is 2.80 bits per heavy atom. The van der Waals surface area contributed by atoms with Gasteiger partial charge in [0.05, 0.1) is 23.1 Å². The number of nitrogens with zero attached hydrogens (tertiary/aromatic N) is 2. The van der Waals surface area contributed by atoms with E-state index in [0.29, 0.717) is 11.5 Å². The number of aromatic nitrogens is 2. The molecule has 2 heterocycles. The number of pyridine rings is 2. The lowest BCUT2D eigenvalue weighted by atomic mass is 10.2. The van der Waals surface area contributed by atoms with E-state index >= 15 is 0 Å². The summed E-state index contributed by atoms with van der Waals surface area (Å²) in [7, 11) is 0. The third kappa shape index (κ3) is 2.57. The fourth-order valence-corrected chi connectivity index (χ4v) is 2.04. The molecular formula is C15H12N4S. The van der Waals surface area contributed by atoms with Crippen LogP contribution in [0.4, 0.5) is 11.5 Å². The maximum absolute atomic E-state index is 5.58. The predicted molar refractivity (Wildman–Crippen MR) is 85.2 cm³/mol. The molecule has 98 valence electrons. The van der Waals surface area contributed by atoms with Crippen molar-refractivity contribution in [1.82, 2.24) is 9.97 Å². The van der Waals surface area contributed by atoms with Crippen molar-refractivity contribution in [2.45, 2.75) is 0 Å². The van der Waals surface area contributed by atoms with Crippen LogP contribution in [0.3, 0.4) is 0 Å². The van der Waals surface area contributed by atoms with E-state index in [1.54, 1.807) is 12.3 Å². The van der Waals surface area contributed by atoms with Crippen LogP contribution in [0.15, 0.2) is 54.7 Å². The Morgan fingerprint density at radius 2 is 1.95 bits per heavy atom. The van der Waals surface area contributed by atoms with E-state index in [1.807, 2.05) is 42.5 Å². The van der Waals surface area contributed by atoms with Crippen LogP contribution in [0.2, 0.25) is 0 Å².